The van der Waals surface area contributed by atoms with Crippen LogP contribution in [-0.4, -0.2) is 12.2 Å². The zero-order chi connectivity index (χ0) is 17.5. The van der Waals surface area contributed by atoms with Crippen molar-refractivity contribution in [1.82, 2.24) is 0 Å². The molecule has 132 valence electrons. The molecule has 0 aromatic heterocycles. The predicted octanol–water partition coefficient (Wildman–Crippen LogP) is 6.44. The van der Waals surface area contributed by atoms with Crippen LogP contribution in [-0.2, 0) is 4.79 Å². The standard InChI is InChI=1S/C16H15NO2.2C2H6.CH4/c1-2-16(18)19-15-10-8-14(9-11-15)17-12-13-6-4-3-5-7-13;2*1-2;/h3-12H,2H2,1H3;2*1-2H3;1H4. The van der Waals surface area contributed by atoms with E-state index in [0.717, 1.165) is 11.3 Å². The third kappa shape index (κ3) is 9.57. The van der Waals surface area contributed by atoms with Crippen molar-refractivity contribution in [3.8, 4) is 5.75 Å². The molecular formula is C21H31NO2. The Kier molecular flexibility index (Phi) is 15.4. The van der Waals surface area contributed by atoms with Gasteiger partial charge in [-0.25, -0.2) is 0 Å². The minimum atomic E-state index is -0.236. The molecule has 3 nitrogen and oxygen atoms in total. The Morgan fingerprint density at radius 2 is 1.50 bits per heavy atom. The van der Waals surface area contributed by atoms with Crippen LogP contribution in [0.3, 0.4) is 0 Å². The molecule has 0 saturated carbocycles. The number of nitrogens with zero attached hydrogens (tertiary/aromatic N) is 1. The maximum Gasteiger partial charge on any atom is 0.310 e. The van der Waals surface area contributed by atoms with Crippen molar-refractivity contribution in [2.24, 2.45) is 4.99 Å². The van der Waals surface area contributed by atoms with Gasteiger partial charge in [0.1, 0.15) is 5.75 Å². The number of ether oxygens (including phenoxy) is 1. The Balaban J connectivity index is 0. The van der Waals surface area contributed by atoms with Crippen LogP contribution in [0.15, 0.2) is 59.6 Å². The van der Waals surface area contributed by atoms with E-state index in [2.05, 4.69) is 4.99 Å². The number of hydrogen-bond donors (Lipinski definition) is 0. The fourth-order valence-electron chi connectivity index (χ4n) is 1.49. The maximum absolute atomic E-state index is 11.1. The summed E-state index contributed by atoms with van der Waals surface area (Å²) in [4.78, 5) is 15.5. The Bertz CT molecular complexity index is 560. The summed E-state index contributed by atoms with van der Waals surface area (Å²) in [6, 6.07) is 17.0. The van der Waals surface area contributed by atoms with Gasteiger partial charge in [0.2, 0.25) is 0 Å². The number of benzene rings is 2. The molecule has 0 N–H and O–H groups in total. The van der Waals surface area contributed by atoms with Gasteiger partial charge in [-0.3, -0.25) is 9.79 Å². The summed E-state index contributed by atoms with van der Waals surface area (Å²) in [6.45, 7) is 9.76. The minimum Gasteiger partial charge on any atom is -0.427 e. The number of rotatable bonds is 4. The van der Waals surface area contributed by atoms with Crippen LogP contribution in [0.2, 0.25) is 0 Å². The second-order valence-corrected chi connectivity index (χ2v) is 3.99. The monoisotopic (exact) mass is 329 g/mol. The highest BCUT2D eigenvalue weighted by atomic mass is 16.5. The van der Waals surface area contributed by atoms with Gasteiger partial charge in [0, 0.05) is 12.6 Å². The van der Waals surface area contributed by atoms with E-state index in [1.807, 2.05) is 70.2 Å². The molecular weight excluding hydrogens is 298 g/mol. The highest BCUT2D eigenvalue weighted by Crippen LogP contribution is 2.18. The van der Waals surface area contributed by atoms with Gasteiger partial charge in [-0.05, 0) is 29.8 Å². The van der Waals surface area contributed by atoms with Crippen LogP contribution < -0.4 is 4.74 Å². The van der Waals surface area contributed by atoms with E-state index < -0.39 is 0 Å². The van der Waals surface area contributed by atoms with Crippen molar-refractivity contribution in [3.63, 3.8) is 0 Å². The Hall–Kier alpha value is -2.42. The normalized spacial score (nSPS) is 8.88. The minimum absolute atomic E-state index is 0. The number of esters is 1. The highest BCUT2D eigenvalue weighted by Gasteiger charge is 2.00. The molecule has 2 rings (SSSR count). The van der Waals surface area contributed by atoms with Crippen molar-refractivity contribution in [3.05, 3.63) is 60.2 Å². The number of carbonyl (C=O) groups excluding carboxylic acids is 1. The van der Waals surface area contributed by atoms with Crippen LogP contribution in [0.25, 0.3) is 0 Å². The average molecular weight is 329 g/mol. The molecule has 0 unspecified atom stereocenters. The van der Waals surface area contributed by atoms with E-state index in [1.54, 1.807) is 25.3 Å². The van der Waals surface area contributed by atoms with Crippen LogP contribution in [0.4, 0.5) is 5.69 Å². The SMILES string of the molecule is C.CC.CC.CCC(=O)Oc1ccc(N=Cc2ccccc2)cc1. The molecule has 0 bridgehead atoms. The molecule has 0 atom stereocenters. The molecule has 24 heavy (non-hydrogen) atoms. The van der Waals surface area contributed by atoms with Gasteiger partial charge in [-0.1, -0.05) is 72.4 Å². The van der Waals surface area contributed by atoms with Gasteiger partial charge in [0.25, 0.3) is 0 Å². The molecule has 0 heterocycles. The van der Waals surface area contributed by atoms with Gasteiger partial charge >= 0.3 is 5.97 Å². The topological polar surface area (TPSA) is 38.7 Å². The Morgan fingerprint density at radius 1 is 0.958 bits per heavy atom. The van der Waals surface area contributed by atoms with Crippen LogP contribution >= 0.6 is 0 Å². The molecule has 2 aromatic rings. The van der Waals surface area contributed by atoms with Crippen molar-refractivity contribution in [2.45, 2.75) is 48.5 Å². The molecule has 0 fully saturated rings. The summed E-state index contributed by atoms with van der Waals surface area (Å²) in [6.07, 6.45) is 2.17. The van der Waals surface area contributed by atoms with Gasteiger partial charge in [-0.2, -0.15) is 0 Å². The molecule has 0 radical (unpaired) electrons. The lowest BCUT2D eigenvalue weighted by Gasteiger charge is -2.02. The molecule has 0 aliphatic rings. The lowest BCUT2D eigenvalue weighted by Crippen LogP contribution is -2.04. The lowest BCUT2D eigenvalue weighted by atomic mass is 10.2. The second-order valence-electron chi connectivity index (χ2n) is 3.99. The molecule has 0 saturated heterocycles. The molecule has 3 heteroatoms. The van der Waals surface area contributed by atoms with Crippen molar-refractivity contribution in [1.29, 1.82) is 0 Å². The lowest BCUT2D eigenvalue weighted by molar-refractivity contribution is -0.134. The molecule has 2 aromatic carbocycles. The molecule has 0 aliphatic carbocycles. The zero-order valence-corrected chi connectivity index (χ0v) is 14.7. The van der Waals surface area contributed by atoms with E-state index in [1.165, 1.54) is 0 Å². The first-order valence-corrected chi connectivity index (χ1v) is 8.18. The summed E-state index contributed by atoms with van der Waals surface area (Å²) in [5.41, 5.74) is 1.86. The Morgan fingerprint density at radius 3 is 2.00 bits per heavy atom. The molecule has 0 aliphatic heterocycles. The number of hydrogen-bond acceptors (Lipinski definition) is 3. The van der Waals surface area contributed by atoms with Gasteiger partial charge in [-0.15, -0.1) is 0 Å². The van der Waals surface area contributed by atoms with Crippen LogP contribution in [0.5, 0.6) is 5.75 Å². The molecule has 0 spiro atoms. The van der Waals surface area contributed by atoms with Crippen LogP contribution in [0.1, 0.15) is 54.0 Å². The van der Waals surface area contributed by atoms with E-state index in [-0.39, 0.29) is 13.4 Å². The predicted molar refractivity (Wildman–Crippen MR) is 105 cm³/mol. The first-order chi connectivity index (χ1) is 11.3. The zero-order valence-electron chi connectivity index (χ0n) is 14.7. The fourth-order valence-corrected chi connectivity index (χ4v) is 1.49. The average Bonchev–Trinajstić information content (AvgIpc) is 2.65. The summed E-state index contributed by atoms with van der Waals surface area (Å²) >= 11 is 0. The van der Waals surface area contributed by atoms with Gasteiger partial charge in [0.05, 0.1) is 5.69 Å². The third-order valence-corrected chi connectivity index (χ3v) is 2.52. The van der Waals surface area contributed by atoms with E-state index in [9.17, 15) is 4.79 Å². The third-order valence-electron chi connectivity index (χ3n) is 2.52. The van der Waals surface area contributed by atoms with Crippen molar-refractivity contribution in [2.75, 3.05) is 0 Å². The first-order valence-electron chi connectivity index (χ1n) is 8.18. The van der Waals surface area contributed by atoms with Crippen molar-refractivity contribution >= 4 is 17.9 Å². The Labute approximate surface area is 147 Å². The summed E-state index contributed by atoms with van der Waals surface area (Å²) < 4.78 is 5.09. The highest BCUT2D eigenvalue weighted by molar-refractivity contribution is 5.81. The quantitative estimate of drug-likeness (QED) is 0.368. The summed E-state index contributed by atoms with van der Waals surface area (Å²) in [5.74, 6) is 0.311. The maximum atomic E-state index is 11.1. The summed E-state index contributed by atoms with van der Waals surface area (Å²) in [5, 5.41) is 0. The van der Waals surface area contributed by atoms with Gasteiger partial charge < -0.3 is 4.74 Å². The summed E-state index contributed by atoms with van der Waals surface area (Å²) in [7, 11) is 0. The first kappa shape index (κ1) is 23.8. The number of aliphatic imine (C=N–C) groups is 1. The largest absolute Gasteiger partial charge is 0.427 e. The van der Waals surface area contributed by atoms with Gasteiger partial charge in [0.15, 0.2) is 0 Å². The van der Waals surface area contributed by atoms with E-state index >= 15 is 0 Å². The smallest absolute Gasteiger partial charge is 0.310 e. The fraction of sp³-hybridized carbons (Fsp3) is 0.333. The molecule has 0 amide bonds. The number of carbonyl (C=O) groups is 1. The van der Waals surface area contributed by atoms with E-state index in [0.29, 0.717) is 12.2 Å². The second kappa shape index (κ2) is 15.5. The van der Waals surface area contributed by atoms with Crippen LogP contribution in [0, 0.1) is 0 Å². The van der Waals surface area contributed by atoms with E-state index in [4.69, 9.17) is 4.74 Å². The van der Waals surface area contributed by atoms with Crippen molar-refractivity contribution < 1.29 is 9.53 Å².